The molecule has 0 amide bonds. The van der Waals surface area contributed by atoms with Gasteiger partial charge in [-0.15, -0.1) is 11.8 Å². The van der Waals surface area contributed by atoms with Gasteiger partial charge in [0, 0.05) is 22.5 Å². The molecule has 0 radical (unpaired) electrons. The minimum atomic E-state index is 0.301. The van der Waals surface area contributed by atoms with Crippen molar-refractivity contribution < 1.29 is 4.74 Å². The third kappa shape index (κ3) is 3.89. The van der Waals surface area contributed by atoms with Crippen LogP contribution in [0, 0.1) is 0 Å². The zero-order valence-corrected chi connectivity index (χ0v) is 12.5. The number of fused-ring (bicyclic) bond motifs is 1. The van der Waals surface area contributed by atoms with Crippen LogP contribution in [0.25, 0.3) is 0 Å². The maximum atomic E-state index is 6.08. The van der Waals surface area contributed by atoms with Crippen molar-refractivity contribution in [3.05, 3.63) is 28.8 Å². The van der Waals surface area contributed by atoms with Gasteiger partial charge in [0.05, 0.1) is 12.7 Å². The van der Waals surface area contributed by atoms with Crippen molar-refractivity contribution in [1.29, 1.82) is 0 Å². The summed E-state index contributed by atoms with van der Waals surface area (Å²) in [5.74, 6) is 1.16. The summed E-state index contributed by atoms with van der Waals surface area (Å²) in [6, 6.07) is 6.60. The highest BCUT2D eigenvalue weighted by molar-refractivity contribution is 7.99. The van der Waals surface area contributed by atoms with E-state index in [1.807, 2.05) is 17.8 Å². The summed E-state index contributed by atoms with van der Waals surface area (Å²) in [7, 11) is 0. The zero-order chi connectivity index (χ0) is 13.0. The molecule has 1 aromatic carbocycles. The Bertz CT molecular complexity index is 397. The molecule has 1 unspecified atom stereocenters. The highest BCUT2D eigenvalue weighted by Gasteiger charge is 2.20. The van der Waals surface area contributed by atoms with Crippen LogP contribution < -0.4 is 5.32 Å². The summed E-state index contributed by atoms with van der Waals surface area (Å²) in [5.41, 5.74) is 1.34. The van der Waals surface area contributed by atoms with Crippen LogP contribution >= 0.6 is 23.4 Å². The van der Waals surface area contributed by atoms with E-state index >= 15 is 0 Å². The molecule has 2 nitrogen and oxygen atoms in total. The lowest BCUT2D eigenvalue weighted by molar-refractivity contribution is 0.0792. The van der Waals surface area contributed by atoms with Crippen LogP contribution in [0.5, 0.6) is 0 Å². The predicted molar refractivity (Wildman–Crippen MR) is 78.6 cm³/mol. The van der Waals surface area contributed by atoms with E-state index in [-0.39, 0.29) is 0 Å². The Morgan fingerprint density at radius 1 is 1.50 bits per heavy atom. The first kappa shape index (κ1) is 14.2. The fourth-order valence-corrected chi connectivity index (χ4v) is 3.39. The number of nitrogens with one attached hydrogen (secondary N) is 1. The zero-order valence-electron chi connectivity index (χ0n) is 10.9. The topological polar surface area (TPSA) is 21.3 Å². The smallest absolute Gasteiger partial charge is 0.0594 e. The van der Waals surface area contributed by atoms with E-state index in [2.05, 4.69) is 31.3 Å². The molecule has 0 aliphatic carbocycles. The van der Waals surface area contributed by atoms with E-state index in [4.69, 9.17) is 16.3 Å². The van der Waals surface area contributed by atoms with E-state index < -0.39 is 0 Å². The average Bonchev–Trinajstić information content (AvgIpc) is 2.34. The fourth-order valence-electron chi connectivity index (χ4n) is 2.11. The van der Waals surface area contributed by atoms with Crippen LogP contribution in [0.2, 0.25) is 5.02 Å². The van der Waals surface area contributed by atoms with Gasteiger partial charge in [0.15, 0.2) is 0 Å². The molecule has 4 heteroatoms. The van der Waals surface area contributed by atoms with Gasteiger partial charge < -0.3 is 10.1 Å². The van der Waals surface area contributed by atoms with Crippen molar-refractivity contribution in [2.45, 2.75) is 37.3 Å². The highest BCUT2D eigenvalue weighted by Crippen LogP contribution is 2.37. The average molecular weight is 286 g/mol. The molecule has 0 bridgehead atoms. The van der Waals surface area contributed by atoms with Gasteiger partial charge in [-0.05, 0) is 49.8 Å². The number of thioether (sulfide) groups is 1. The number of benzene rings is 1. The molecule has 1 aliphatic rings. The molecular formula is C14H20ClNOS. The van der Waals surface area contributed by atoms with Gasteiger partial charge in [0.2, 0.25) is 0 Å². The maximum Gasteiger partial charge on any atom is 0.0594 e. The first-order valence-electron chi connectivity index (χ1n) is 6.44. The first-order valence-corrected chi connectivity index (χ1v) is 7.80. The Labute approximate surface area is 118 Å². The van der Waals surface area contributed by atoms with Gasteiger partial charge in [0.25, 0.3) is 0 Å². The van der Waals surface area contributed by atoms with Crippen molar-refractivity contribution in [1.82, 2.24) is 5.32 Å². The number of halogens is 1. The van der Waals surface area contributed by atoms with Gasteiger partial charge in [-0.25, -0.2) is 0 Å². The first-order chi connectivity index (χ1) is 8.66. The fraction of sp³-hybridized carbons (Fsp3) is 0.571. The standard InChI is InChI=1S/C14H20ClNOS/c1-10(2)17-7-6-16-13-5-8-18-14-4-3-11(15)9-12(13)14/h3-4,9-10,13,16H,5-8H2,1-2H3. The Hall–Kier alpha value is -0.220. The van der Waals surface area contributed by atoms with Crippen LogP contribution in [-0.4, -0.2) is 25.0 Å². The minimum Gasteiger partial charge on any atom is -0.377 e. The van der Waals surface area contributed by atoms with E-state index in [0.717, 1.165) is 30.3 Å². The Balaban J connectivity index is 1.93. The van der Waals surface area contributed by atoms with Crippen molar-refractivity contribution in [3.8, 4) is 0 Å². The van der Waals surface area contributed by atoms with Crippen LogP contribution in [0.3, 0.4) is 0 Å². The van der Waals surface area contributed by atoms with Crippen molar-refractivity contribution >= 4 is 23.4 Å². The molecule has 1 aliphatic heterocycles. The molecule has 0 spiro atoms. The van der Waals surface area contributed by atoms with Crippen molar-refractivity contribution in [2.24, 2.45) is 0 Å². The van der Waals surface area contributed by atoms with Crippen molar-refractivity contribution in [3.63, 3.8) is 0 Å². The van der Waals surface area contributed by atoms with Gasteiger partial charge in [-0.2, -0.15) is 0 Å². The molecule has 2 rings (SSSR count). The molecule has 0 aromatic heterocycles. The lowest BCUT2D eigenvalue weighted by atomic mass is 10.0. The van der Waals surface area contributed by atoms with Gasteiger partial charge in [-0.1, -0.05) is 11.6 Å². The van der Waals surface area contributed by atoms with Crippen LogP contribution in [0.1, 0.15) is 31.9 Å². The highest BCUT2D eigenvalue weighted by atomic mass is 35.5. The van der Waals surface area contributed by atoms with Gasteiger partial charge >= 0.3 is 0 Å². The third-order valence-electron chi connectivity index (χ3n) is 2.96. The summed E-state index contributed by atoms with van der Waals surface area (Å²) < 4.78 is 5.55. The molecule has 1 heterocycles. The number of hydrogen-bond acceptors (Lipinski definition) is 3. The summed E-state index contributed by atoms with van der Waals surface area (Å²) in [4.78, 5) is 1.35. The SMILES string of the molecule is CC(C)OCCNC1CCSc2ccc(Cl)cc21. The number of ether oxygens (including phenoxy) is 1. The molecule has 1 atom stereocenters. The molecule has 18 heavy (non-hydrogen) atoms. The second-order valence-electron chi connectivity index (χ2n) is 4.75. The summed E-state index contributed by atoms with van der Waals surface area (Å²) in [6.45, 7) is 5.77. The molecule has 1 aromatic rings. The maximum absolute atomic E-state index is 6.08. The van der Waals surface area contributed by atoms with Crippen LogP contribution in [-0.2, 0) is 4.74 Å². The molecule has 0 saturated heterocycles. The lowest BCUT2D eigenvalue weighted by Crippen LogP contribution is -2.28. The van der Waals surface area contributed by atoms with Crippen LogP contribution in [0.4, 0.5) is 0 Å². The Kier molecular flexibility index (Phi) is 5.37. The molecule has 0 fully saturated rings. The summed E-state index contributed by atoms with van der Waals surface area (Å²) >= 11 is 8.00. The quantitative estimate of drug-likeness (QED) is 0.829. The van der Waals surface area contributed by atoms with Gasteiger partial charge in [-0.3, -0.25) is 0 Å². The summed E-state index contributed by atoms with van der Waals surface area (Å²) in [5, 5.41) is 4.38. The predicted octanol–water partition coefficient (Wildman–Crippen LogP) is 3.89. The largest absolute Gasteiger partial charge is 0.377 e. The summed E-state index contributed by atoms with van der Waals surface area (Å²) in [6.07, 6.45) is 1.45. The minimum absolute atomic E-state index is 0.301. The molecule has 1 N–H and O–H groups in total. The molecule has 0 saturated carbocycles. The Morgan fingerprint density at radius 2 is 2.33 bits per heavy atom. The monoisotopic (exact) mass is 285 g/mol. The molecular weight excluding hydrogens is 266 g/mol. The second-order valence-corrected chi connectivity index (χ2v) is 6.32. The van der Waals surface area contributed by atoms with E-state index in [9.17, 15) is 0 Å². The lowest BCUT2D eigenvalue weighted by Gasteiger charge is -2.26. The van der Waals surface area contributed by atoms with Gasteiger partial charge in [0.1, 0.15) is 0 Å². The second kappa shape index (κ2) is 6.80. The van der Waals surface area contributed by atoms with E-state index in [0.29, 0.717) is 12.1 Å². The van der Waals surface area contributed by atoms with Crippen LogP contribution in [0.15, 0.2) is 23.1 Å². The van der Waals surface area contributed by atoms with Crippen molar-refractivity contribution in [2.75, 3.05) is 18.9 Å². The Morgan fingerprint density at radius 3 is 3.11 bits per heavy atom. The molecule has 100 valence electrons. The number of hydrogen-bond donors (Lipinski definition) is 1. The van der Waals surface area contributed by atoms with E-state index in [1.165, 1.54) is 10.5 Å². The number of rotatable bonds is 5. The normalized spacial score (nSPS) is 19.0. The third-order valence-corrected chi connectivity index (χ3v) is 4.31. The van der Waals surface area contributed by atoms with E-state index in [1.54, 1.807) is 0 Å².